The minimum Gasteiger partial charge on any atom is -0.313 e. The van der Waals surface area contributed by atoms with Crippen molar-refractivity contribution in [2.75, 3.05) is 6.54 Å². The van der Waals surface area contributed by atoms with Crippen LogP contribution in [-0.4, -0.2) is 12.6 Å². The van der Waals surface area contributed by atoms with Gasteiger partial charge in [0.25, 0.3) is 0 Å². The van der Waals surface area contributed by atoms with Crippen molar-refractivity contribution in [3.63, 3.8) is 0 Å². The molecule has 1 saturated carbocycles. The van der Waals surface area contributed by atoms with Crippen LogP contribution in [0, 0.1) is 5.92 Å². The third-order valence-corrected chi connectivity index (χ3v) is 3.17. The lowest BCUT2D eigenvalue weighted by Gasteiger charge is -2.26. The Morgan fingerprint density at radius 3 is 3.17 bits per heavy atom. The quantitative estimate of drug-likeness (QED) is 0.577. The Balaban J connectivity index is 2.21. The maximum Gasteiger partial charge on any atom is 0.0176 e. The molecule has 0 amide bonds. The van der Waals surface area contributed by atoms with E-state index in [2.05, 4.69) is 24.9 Å². The molecule has 12 heavy (non-hydrogen) atoms. The molecule has 1 heteroatoms. The Morgan fingerprint density at radius 1 is 1.58 bits per heavy atom. The molecular weight excluding hydrogens is 146 g/mol. The Kier molecular flexibility index (Phi) is 2.05. The van der Waals surface area contributed by atoms with Gasteiger partial charge in [-0.1, -0.05) is 18.2 Å². The second-order valence-corrected chi connectivity index (χ2v) is 3.86. The zero-order chi connectivity index (χ0) is 8.55. The number of hydrogen-bond donors (Lipinski definition) is 1. The zero-order valence-electron chi connectivity index (χ0n) is 7.77. The molecule has 0 radical (unpaired) electrons. The molecule has 1 aliphatic carbocycles. The van der Waals surface area contributed by atoms with Crippen LogP contribution >= 0.6 is 0 Å². The monoisotopic (exact) mass is 163 g/mol. The first-order chi connectivity index (χ1) is 5.83. The van der Waals surface area contributed by atoms with Gasteiger partial charge in [0.1, 0.15) is 0 Å². The minimum atomic E-state index is 0.706. The molecule has 1 saturated heterocycles. The van der Waals surface area contributed by atoms with Crippen molar-refractivity contribution in [3.8, 4) is 0 Å². The molecule has 2 rings (SSSR count). The fraction of sp³-hybridized carbons (Fsp3) is 0.636. The molecule has 66 valence electrons. The minimum absolute atomic E-state index is 0.706. The fourth-order valence-corrected chi connectivity index (χ4v) is 2.60. The Labute approximate surface area is 74.5 Å². The van der Waals surface area contributed by atoms with Crippen molar-refractivity contribution in [1.29, 1.82) is 0 Å². The lowest BCUT2D eigenvalue weighted by Crippen LogP contribution is -2.37. The van der Waals surface area contributed by atoms with Crippen molar-refractivity contribution in [2.24, 2.45) is 5.92 Å². The van der Waals surface area contributed by atoms with E-state index in [1.54, 1.807) is 0 Å². The van der Waals surface area contributed by atoms with Gasteiger partial charge in [0.05, 0.1) is 0 Å². The van der Waals surface area contributed by atoms with E-state index in [0.29, 0.717) is 6.04 Å². The summed E-state index contributed by atoms with van der Waals surface area (Å²) in [4.78, 5) is 0. The summed E-state index contributed by atoms with van der Waals surface area (Å²) in [7, 11) is 0. The molecule has 2 fully saturated rings. The van der Waals surface area contributed by atoms with Crippen LogP contribution in [0.25, 0.3) is 0 Å². The van der Waals surface area contributed by atoms with E-state index in [0.717, 1.165) is 5.92 Å². The summed E-state index contributed by atoms with van der Waals surface area (Å²) >= 11 is 0. The number of hydrogen-bond acceptors (Lipinski definition) is 1. The van der Waals surface area contributed by atoms with Crippen molar-refractivity contribution in [3.05, 3.63) is 23.8 Å². The number of nitrogens with one attached hydrogen (secondary N) is 1. The van der Waals surface area contributed by atoms with E-state index in [4.69, 9.17) is 0 Å². The summed E-state index contributed by atoms with van der Waals surface area (Å²) in [5.41, 5.74) is 2.88. The van der Waals surface area contributed by atoms with Gasteiger partial charge >= 0.3 is 0 Å². The Bertz CT molecular complexity index is 227. The summed E-state index contributed by atoms with van der Waals surface area (Å²) in [5.74, 6) is 0.774. The van der Waals surface area contributed by atoms with E-state index in [1.807, 2.05) is 0 Å². The second kappa shape index (κ2) is 3.06. The average molecular weight is 163 g/mol. The molecule has 2 aliphatic rings. The average Bonchev–Trinajstić information content (AvgIpc) is 2.40. The highest BCUT2D eigenvalue weighted by molar-refractivity contribution is 5.38. The zero-order valence-corrected chi connectivity index (χ0v) is 7.77. The smallest absolute Gasteiger partial charge is 0.0176 e. The van der Waals surface area contributed by atoms with E-state index in [-0.39, 0.29) is 0 Å². The summed E-state index contributed by atoms with van der Waals surface area (Å²) in [6, 6.07) is 0.706. The third kappa shape index (κ3) is 1.13. The molecule has 0 aromatic heterocycles. The topological polar surface area (TPSA) is 12.0 Å². The Hall–Kier alpha value is -0.560. The van der Waals surface area contributed by atoms with Gasteiger partial charge in [0.2, 0.25) is 0 Å². The molecule has 0 bridgehead atoms. The van der Waals surface area contributed by atoms with Crippen LogP contribution in [0.1, 0.15) is 26.2 Å². The highest BCUT2D eigenvalue weighted by Crippen LogP contribution is 2.39. The van der Waals surface area contributed by atoms with Crippen LogP contribution in [0.5, 0.6) is 0 Å². The van der Waals surface area contributed by atoms with Gasteiger partial charge < -0.3 is 5.32 Å². The van der Waals surface area contributed by atoms with Gasteiger partial charge in [-0.2, -0.15) is 0 Å². The van der Waals surface area contributed by atoms with E-state index in [9.17, 15) is 0 Å². The standard InChI is InChI=1S/C11H17N/c1-3-9-8(2)7-11-10(9)5-4-6-12-11/h3,10-12H,2,4-7H2,1H3. The van der Waals surface area contributed by atoms with Crippen molar-refractivity contribution >= 4 is 0 Å². The van der Waals surface area contributed by atoms with Crippen molar-refractivity contribution in [1.82, 2.24) is 5.32 Å². The largest absolute Gasteiger partial charge is 0.313 e. The first-order valence-electron chi connectivity index (χ1n) is 4.90. The molecular formula is C11H17N. The normalized spacial score (nSPS) is 38.8. The van der Waals surface area contributed by atoms with Gasteiger partial charge in [-0.25, -0.2) is 0 Å². The van der Waals surface area contributed by atoms with E-state index < -0.39 is 0 Å². The SMILES string of the molecule is C=C1CC2NCCCC2C1=CC. The van der Waals surface area contributed by atoms with Crippen LogP contribution < -0.4 is 5.32 Å². The number of allylic oxidation sites excluding steroid dienone is 1. The number of fused-ring (bicyclic) bond motifs is 1. The van der Waals surface area contributed by atoms with Gasteiger partial charge in [-0.05, 0) is 44.2 Å². The first-order valence-corrected chi connectivity index (χ1v) is 4.90. The van der Waals surface area contributed by atoms with Gasteiger partial charge in [-0.3, -0.25) is 0 Å². The molecule has 0 aromatic rings. The molecule has 1 heterocycles. The maximum absolute atomic E-state index is 4.12. The number of piperidine rings is 1. The van der Waals surface area contributed by atoms with Gasteiger partial charge in [0, 0.05) is 6.04 Å². The molecule has 2 unspecified atom stereocenters. The molecule has 1 aliphatic heterocycles. The summed E-state index contributed by atoms with van der Waals surface area (Å²) in [5, 5.41) is 3.57. The molecule has 0 aromatic carbocycles. The van der Waals surface area contributed by atoms with Crippen molar-refractivity contribution < 1.29 is 0 Å². The predicted molar refractivity (Wildman–Crippen MR) is 52.0 cm³/mol. The number of rotatable bonds is 0. The predicted octanol–water partition coefficient (Wildman–Crippen LogP) is 2.26. The van der Waals surface area contributed by atoms with Crippen LogP contribution in [-0.2, 0) is 0 Å². The molecule has 1 nitrogen and oxygen atoms in total. The van der Waals surface area contributed by atoms with Crippen molar-refractivity contribution in [2.45, 2.75) is 32.2 Å². The van der Waals surface area contributed by atoms with Crippen LogP contribution in [0.2, 0.25) is 0 Å². The third-order valence-electron chi connectivity index (χ3n) is 3.17. The lowest BCUT2D eigenvalue weighted by atomic mass is 9.90. The van der Waals surface area contributed by atoms with Crippen LogP contribution in [0.15, 0.2) is 23.8 Å². The molecule has 1 N–H and O–H groups in total. The molecule has 2 atom stereocenters. The summed E-state index contributed by atoms with van der Waals surface area (Å²) in [6.45, 7) is 7.46. The van der Waals surface area contributed by atoms with E-state index >= 15 is 0 Å². The second-order valence-electron chi connectivity index (χ2n) is 3.86. The molecule has 0 spiro atoms. The fourth-order valence-electron chi connectivity index (χ4n) is 2.60. The summed E-state index contributed by atoms with van der Waals surface area (Å²) < 4.78 is 0. The maximum atomic E-state index is 4.12. The van der Waals surface area contributed by atoms with Crippen LogP contribution in [0.4, 0.5) is 0 Å². The Morgan fingerprint density at radius 2 is 2.42 bits per heavy atom. The lowest BCUT2D eigenvalue weighted by molar-refractivity contribution is 0.346. The first kappa shape index (κ1) is 8.06. The highest BCUT2D eigenvalue weighted by atomic mass is 14.9. The van der Waals surface area contributed by atoms with E-state index in [1.165, 1.54) is 37.0 Å². The van der Waals surface area contributed by atoms with Gasteiger partial charge in [0.15, 0.2) is 0 Å². The summed E-state index contributed by atoms with van der Waals surface area (Å²) in [6.07, 6.45) is 6.10. The van der Waals surface area contributed by atoms with Crippen LogP contribution in [0.3, 0.4) is 0 Å². The highest BCUT2D eigenvalue weighted by Gasteiger charge is 2.34. The van der Waals surface area contributed by atoms with Gasteiger partial charge in [-0.15, -0.1) is 0 Å².